The predicted octanol–water partition coefficient (Wildman–Crippen LogP) is 5.49. The molecule has 4 fully saturated rings. The summed E-state index contributed by atoms with van der Waals surface area (Å²) in [5.41, 5.74) is 3.24. The molecule has 4 aliphatic carbocycles. The summed E-state index contributed by atoms with van der Waals surface area (Å²) >= 11 is 9.57. The fraction of sp³-hybridized carbons (Fsp3) is 0.520. The molecule has 0 spiro atoms. The molecule has 2 heterocycles. The fourth-order valence-electron chi connectivity index (χ4n) is 7.31. The highest BCUT2D eigenvalue weighted by Crippen LogP contribution is 2.64. The van der Waals surface area contributed by atoms with E-state index in [-0.39, 0.29) is 16.9 Å². The molecule has 2 atom stereocenters. The average molecular weight is 544 g/mol. The van der Waals surface area contributed by atoms with Gasteiger partial charge < -0.3 is 5.32 Å². The molecule has 0 saturated heterocycles. The monoisotopic (exact) mass is 542 g/mol. The smallest absolute Gasteiger partial charge is 0.230 e. The van der Waals surface area contributed by atoms with Crippen LogP contribution in [0.3, 0.4) is 0 Å². The number of halogens is 2. The second-order valence-corrected chi connectivity index (χ2v) is 11.9. The van der Waals surface area contributed by atoms with Crippen LogP contribution in [0.1, 0.15) is 55.5 Å². The predicted molar refractivity (Wildman–Crippen MR) is 134 cm³/mol. The van der Waals surface area contributed by atoms with Crippen LogP contribution in [-0.2, 0) is 16.9 Å². The van der Waals surface area contributed by atoms with Gasteiger partial charge in [-0.1, -0.05) is 23.7 Å². The van der Waals surface area contributed by atoms with Crippen molar-refractivity contribution in [2.45, 2.75) is 64.5 Å². The van der Waals surface area contributed by atoms with Crippen LogP contribution >= 0.6 is 27.5 Å². The molecule has 4 aliphatic rings. The van der Waals surface area contributed by atoms with E-state index in [0.717, 1.165) is 54.7 Å². The molecule has 2 aromatic heterocycles. The highest BCUT2D eigenvalue weighted by atomic mass is 79.9. The number of aryl methyl sites for hydroxylation is 1. The summed E-state index contributed by atoms with van der Waals surface area (Å²) in [5.74, 6) is 1.25. The first-order valence-corrected chi connectivity index (χ1v) is 13.1. The second kappa shape index (κ2) is 7.92. The van der Waals surface area contributed by atoms with Crippen LogP contribution in [0.25, 0.3) is 0 Å². The van der Waals surface area contributed by atoms with Crippen molar-refractivity contribution in [2.24, 2.45) is 17.3 Å². The number of anilines is 1. The lowest BCUT2D eigenvalue weighted by Crippen LogP contribution is -2.60. The van der Waals surface area contributed by atoms with Crippen molar-refractivity contribution in [2.75, 3.05) is 5.32 Å². The van der Waals surface area contributed by atoms with Crippen LogP contribution in [0.5, 0.6) is 0 Å². The van der Waals surface area contributed by atoms with Gasteiger partial charge >= 0.3 is 0 Å². The first-order chi connectivity index (χ1) is 16.3. The third kappa shape index (κ3) is 3.61. The van der Waals surface area contributed by atoms with Crippen LogP contribution in [0, 0.1) is 31.1 Å². The van der Waals surface area contributed by atoms with Crippen LogP contribution in [0.4, 0.5) is 5.69 Å². The molecule has 1 aromatic carbocycles. The van der Waals surface area contributed by atoms with Gasteiger partial charge in [0.05, 0.1) is 34.6 Å². The maximum absolute atomic E-state index is 13.9. The Morgan fingerprint density at radius 2 is 1.97 bits per heavy atom. The van der Waals surface area contributed by atoms with Gasteiger partial charge in [0, 0.05) is 5.02 Å². The summed E-state index contributed by atoms with van der Waals surface area (Å²) in [6.07, 6.45) is 7.97. The van der Waals surface area contributed by atoms with E-state index in [2.05, 4.69) is 31.3 Å². The number of hydrogen-bond donors (Lipinski definition) is 1. The van der Waals surface area contributed by atoms with E-state index in [1.165, 1.54) is 6.42 Å². The summed E-state index contributed by atoms with van der Waals surface area (Å²) in [6, 6.07) is 7.81. The van der Waals surface area contributed by atoms with E-state index in [1.54, 1.807) is 0 Å². The largest absolute Gasteiger partial charge is 0.322 e. The van der Waals surface area contributed by atoms with Crippen molar-refractivity contribution in [1.29, 1.82) is 0 Å². The Morgan fingerprint density at radius 3 is 2.65 bits per heavy atom. The van der Waals surface area contributed by atoms with E-state index in [0.29, 0.717) is 28.1 Å². The number of carbonyl (C=O) groups is 1. The van der Waals surface area contributed by atoms with E-state index in [4.69, 9.17) is 16.7 Å². The van der Waals surface area contributed by atoms with E-state index < -0.39 is 0 Å². The van der Waals surface area contributed by atoms with Crippen molar-refractivity contribution in [1.82, 2.24) is 24.5 Å². The number of aromatic nitrogens is 5. The van der Waals surface area contributed by atoms with Crippen molar-refractivity contribution in [3.63, 3.8) is 0 Å². The SMILES string of the molecule is Cc1nn(Cc2cccc(Cl)c2)c(C)c1NC(=O)C12CC3CC(C1)CC(n1cnc(Br)n1)(C3)C2. The molecule has 7 rings (SSSR count). The van der Waals surface area contributed by atoms with Crippen molar-refractivity contribution in [3.8, 4) is 0 Å². The molecule has 2 unspecified atom stereocenters. The summed E-state index contributed by atoms with van der Waals surface area (Å²) < 4.78 is 4.60. The van der Waals surface area contributed by atoms with Crippen molar-refractivity contribution in [3.05, 3.63) is 57.3 Å². The number of nitrogens with zero attached hydrogens (tertiary/aromatic N) is 5. The maximum Gasteiger partial charge on any atom is 0.230 e. The summed E-state index contributed by atoms with van der Waals surface area (Å²) in [4.78, 5) is 18.3. The van der Waals surface area contributed by atoms with E-state index >= 15 is 0 Å². The molecule has 1 amide bonds. The first-order valence-electron chi connectivity index (χ1n) is 11.9. The minimum absolute atomic E-state index is 0.110. The number of carbonyl (C=O) groups excluding carboxylic acids is 1. The molecular weight excluding hydrogens is 516 g/mol. The minimum atomic E-state index is -0.365. The van der Waals surface area contributed by atoms with E-state index in [9.17, 15) is 4.79 Å². The molecule has 7 nitrogen and oxygen atoms in total. The van der Waals surface area contributed by atoms with Crippen molar-refractivity contribution >= 4 is 39.1 Å². The Morgan fingerprint density at radius 1 is 1.21 bits per heavy atom. The zero-order chi connectivity index (χ0) is 23.7. The lowest BCUT2D eigenvalue weighted by Gasteiger charge is -2.60. The molecule has 1 N–H and O–H groups in total. The normalized spacial score (nSPS) is 29.5. The quantitative estimate of drug-likeness (QED) is 0.462. The average Bonchev–Trinajstić information content (AvgIpc) is 3.32. The Balaban J connectivity index is 1.27. The van der Waals surface area contributed by atoms with Gasteiger partial charge in [-0.05, 0) is 97.8 Å². The Bertz CT molecular complexity index is 1270. The van der Waals surface area contributed by atoms with E-state index in [1.807, 2.05) is 53.8 Å². The molecule has 9 heteroatoms. The molecule has 178 valence electrons. The number of nitrogens with one attached hydrogen (secondary N) is 1. The zero-order valence-electron chi connectivity index (χ0n) is 19.4. The Hall–Kier alpha value is -2.19. The lowest BCUT2D eigenvalue weighted by molar-refractivity contribution is -0.150. The number of hydrogen-bond acceptors (Lipinski definition) is 4. The third-order valence-corrected chi connectivity index (χ3v) is 8.90. The van der Waals surface area contributed by atoms with Crippen molar-refractivity contribution < 1.29 is 4.79 Å². The molecule has 3 aromatic rings. The number of rotatable bonds is 5. The number of benzene rings is 1. The molecule has 4 saturated carbocycles. The molecule has 0 radical (unpaired) electrons. The fourth-order valence-corrected chi connectivity index (χ4v) is 7.78. The summed E-state index contributed by atoms with van der Waals surface area (Å²) in [5, 5.41) is 13.4. The van der Waals surface area contributed by atoms with Gasteiger partial charge in [-0.15, -0.1) is 5.10 Å². The van der Waals surface area contributed by atoms with Gasteiger partial charge in [-0.3, -0.25) is 9.48 Å². The molecule has 34 heavy (non-hydrogen) atoms. The van der Waals surface area contributed by atoms with Gasteiger partial charge in [0.25, 0.3) is 0 Å². The van der Waals surface area contributed by atoms with Gasteiger partial charge in [0.15, 0.2) is 0 Å². The zero-order valence-corrected chi connectivity index (χ0v) is 21.7. The highest BCUT2D eigenvalue weighted by Gasteiger charge is 2.61. The first kappa shape index (κ1) is 22.3. The standard InChI is InChI=1S/C25H28BrClN6O/c1-15-21(16(2)32(30-15)12-17-4-3-5-20(27)7-17)29-22(34)24-8-18-6-19(9-24)11-25(10-18,13-24)33-14-28-23(26)31-33/h3-5,7,14,18-19H,6,8-13H2,1-2H3,(H,29,34). The Labute approximate surface area is 212 Å². The second-order valence-electron chi connectivity index (χ2n) is 10.7. The van der Waals surface area contributed by atoms with Crippen LogP contribution < -0.4 is 5.32 Å². The van der Waals surface area contributed by atoms with Crippen LogP contribution in [0.2, 0.25) is 5.02 Å². The lowest BCUT2D eigenvalue weighted by atomic mass is 9.46. The molecule has 4 bridgehead atoms. The van der Waals surface area contributed by atoms with Gasteiger partial charge in [0.2, 0.25) is 10.6 Å². The van der Waals surface area contributed by atoms with Gasteiger partial charge in [0.1, 0.15) is 6.33 Å². The Kier molecular flexibility index (Phi) is 5.19. The third-order valence-electron chi connectivity index (χ3n) is 8.30. The molecule has 0 aliphatic heterocycles. The van der Waals surface area contributed by atoms with Gasteiger partial charge in [-0.25, -0.2) is 9.67 Å². The summed E-state index contributed by atoms with van der Waals surface area (Å²) in [7, 11) is 0. The van der Waals surface area contributed by atoms with Crippen LogP contribution in [0.15, 0.2) is 35.3 Å². The summed E-state index contributed by atoms with van der Waals surface area (Å²) in [6.45, 7) is 4.60. The minimum Gasteiger partial charge on any atom is -0.322 e. The molecular formula is C25H28BrClN6O. The van der Waals surface area contributed by atoms with Gasteiger partial charge in [-0.2, -0.15) is 5.10 Å². The topological polar surface area (TPSA) is 77.6 Å². The number of amides is 1. The highest BCUT2D eigenvalue weighted by molar-refractivity contribution is 9.10. The van der Waals surface area contributed by atoms with Crippen LogP contribution in [-0.4, -0.2) is 30.5 Å². The maximum atomic E-state index is 13.9.